The van der Waals surface area contributed by atoms with Crippen molar-refractivity contribution in [3.8, 4) is 5.75 Å². The van der Waals surface area contributed by atoms with Crippen LogP contribution >= 0.6 is 0 Å². The number of nitrogens with zero attached hydrogens (tertiary/aromatic N) is 1. The zero-order chi connectivity index (χ0) is 15.4. The van der Waals surface area contributed by atoms with Gasteiger partial charge in [0.05, 0.1) is 5.69 Å². The van der Waals surface area contributed by atoms with E-state index in [4.69, 9.17) is 0 Å². The quantitative estimate of drug-likeness (QED) is 0.833. The molecule has 8 heteroatoms. The summed E-state index contributed by atoms with van der Waals surface area (Å²) >= 11 is 0. The number of benzene rings is 1. The van der Waals surface area contributed by atoms with Gasteiger partial charge in [0.2, 0.25) is 17.7 Å². The van der Waals surface area contributed by atoms with Crippen LogP contribution in [-0.4, -0.2) is 35.8 Å². The first-order chi connectivity index (χ1) is 9.97. The molecule has 0 saturated carbocycles. The molecule has 3 amide bonds. The van der Waals surface area contributed by atoms with Crippen molar-refractivity contribution >= 4 is 23.4 Å². The van der Waals surface area contributed by atoms with Crippen LogP contribution in [0.25, 0.3) is 0 Å². The number of halogens is 2. The van der Waals surface area contributed by atoms with Crippen molar-refractivity contribution < 1.29 is 27.9 Å². The van der Waals surface area contributed by atoms with Crippen LogP contribution in [0.15, 0.2) is 24.3 Å². The molecule has 0 spiro atoms. The molecule has 0 aromatic heterocycles. The van der Waals surface area contributed by atoms with Gasteiger partial charge < -0.3 is 10.1 Å². The van der Waals surface area contributed by atoms with Crippen molar-refractivity contribution in [3.05, 3.63) is 24.3 Å². The highest BCUT2D eigenvalue weighted by atomic mass is 19.3. The van der Waals surface area contributed by atoms with Gasteiger partial charge in [0.15, 0.2) is 0 Å². The number of rotatable bonds is 5. The molecule has 21 heavy (non-hydrogen) atoms. The molecule has 1 N–H and O–H groups in total. The largest absolute Gasteiger partial charge is 0.433 e. The number of para-hydroxylation sites is 2. The summed E-state index contributed by atoms with van der Waals surface area (Å²) in [4.78, 5) is 35.4. The number of carbonyl (C=O) groups excluding carboxylic acids is 3. The van der Waals surface area contributed by atoms with E-state index in [0.717, 1.165) is 4.90 Å². The van der Waals surface area contributed by atoms with Gasteiger partial charge in [-0.25, -0.2) is 0 Å². The smallest absolute Gasteiger partial charge is 0.387 e. The fraction of sp³-hybridized carbons (Fsp3) is 0.308. The summed E-state index contributed by atoms with van der Waals surface area (Å²) in [5.41, 5.74) is 0.0434. The summed E-state index contributed by atoms with van der Waals surface area (Å²) < 4.78 is 28.7. The molecule has 1 fully saturated rings. The predicted octanol–water partition coefficient (Wildman–Crippen LogP) is 1.38. The number of hydrogen-bond acceptors (Lipinski definition) is 4. The second-order valence-corrected chi connectivity index (χ2v) is 4.30. The Morgan fingerprint density at radius 3 is 2.48 bits per heavy atom. The molecule has 1 aliphatic rings. The van der Waals surface area contributed by atoms with E-state index < -0.39 is 30.9 Å². The van der Waals surface area contributed by atoms with Gasteiger partial charge in [0.25, 0.3) is 0 Å². The van der Waals surface area contributed by atoms with Crippen LogP contribution in [0.2, 0.25) is 0 Å². The Bertz CT molecular complexity index is 561. The molecule has 1 aromatic rings. The van der Waals surface area contributed by atoms with Gasteiger partial charge in [-0.05, 0) is 12.1 Å². The summed E-state index contributed by atoms with van der Waals surface area (Å²) in [6, 6.07) is 5.65. The number of ether oxygens (including phenoxy) is 1. The summed E-state index contributed by atoms with van der Waals surface area (Å²) in [7, 11) is 0. The second-order valence-electron chi connectivity index (χ2n) is 4.30. The van der Waals surface area contributed by atoms with Crippen LogP contribution in [0.5, 0.6) is 5.75 Å². The maximum absolute atomic E-state index is 12.2. The van der Waals surface area contributed by atoms with Crippen molar-refractivity contribution in [1.29, 1.82) is 0 Å². The van der Waals surface area contributed by atoms with E-state index in [1.807, 2.05) is 0 Å². The number of imide groups is 1. The Kier molecular flexibility index (Phi) is 4.46. The molecule has 0 unspecified atom stereocenters. The monoisotopic (exact) mass is 298 g/mol. The van der Waals surface area contributed by atoms with Gasteiger partial charge in [0.1, 0.15) is 12.3 Å². The normalized spacial score (nSPS) is 14.7. The van der Waals surface area contributed by atoms with Crippen LogP contribution in [-0.2, 0) is 14.4 Å². The Hall–Kier alpha value is -2.51. The van der Waals surface area contributed by atoms with Gasteiger partial charge in [-0.3, -0.25) is 19.3 Å². The van der Waals surface area contributed by atoms with Crippen molar-refractivity contribution in [2.45, 2.75) is 19.5 Å². The Morgan fingerprint density at radius 1 is 1.24 bits per heavy atom. The maximum atomic E-state index is 12.2. The standard InChI is InChI=1S/C13H12F2N2O4/c14-13(15)21-9-4-2-1-3-8(9)16-10(18)7-17-11(19)5-6-12(17)20/h1-4,13H,5-7H2,(H,16,18). The molecule has 1 saturated heterocycles. The SMILES string of the molecule is O=C(CN1C(=O)CCC1=O)Nc1ccccc1OC(F)F. The lowest BCUT2D eigenvalue weighted by Gasteiger charge is -2.15. The Balaban J connectivity index is 2.03. The fourth-order valence-electron chi connectivity index (χ4n) is 1.90. The highest BCUT2D eigenvalue weighted by Gasteiger charge is 2.30. The van der Waals surface area contributed by atoms with Crippen LogP contribution in [0.1, 0.15) is 12.8 Å². The Morgan fingerprint density at radius 2 is 1.86 bits per heavy atom. The van der Waals surface area contributed by atoms with Gasteiger partial charge in [-0.1, -0.05) is 12.1 Å². The third-order valence-corrected chi connectivity index (χ3v) is 2.83. The minimum Gasteiger partial charge on any atom is -0.433 e. The first-order valence-corrected chi connectivity index (χ1v) is 6.14. The van der Waals surface area contributed by atoms with Crippen LogP contribution in [0, 0.1) is 0 Å². The third kappa shape index (κ3) is 3.74. The van der Waals surface area contributed by atoms with Crippen LogP contribution < -0.4 is 10.1 Å². The molecule has 1 aliphatic heterocycles. The third-order valence-electron chi connectivity index (χ3n) is 2.83. The number of alkyl halides is 2. The van der Waals surface area contributed by atoms with E-state index in [1.54, 1.807) is 0 Å². The first-order valence-electron chi connectivity index (χ1n) is 6.14. The minimum absolute atomic E-state index is 0.0434. The maximum Gasteiger partial charge on any atom is 0.387 e. The predicted molar refractivity (Wildman–Crippen MR) is 67.7 cm³/mol. The molecule has 0 atom stereocenters. The van der Waals surface area contributed by atoms with Gasteiger partial charge in [-0.15, -0.1) is 0 Å². The summed E-state index contributed by atoms with van der Waals surface area (Å²) in [5, 5.41) is 2.34. The summed E-state index contributed by atoms with van der Waals surface area (Å²) in [6.07, 6.45) is 0.161. The molecule has 6 nitrogen and oxygen atoms in total. The van der Waals surface area contributed by atoms with Gasteiger partial charge in [0, 0.05) is 12.8 Å². The lowest BCUT2D eigenvalue weighted by molar-refractivity contribution is -0.141. The second kappa shape index (κ2) is 6.29. The molecular formula is C13H12F2N2O4. The number of anilines is 1. The van der Waals surface area contributed by atoms with Gasteiger partial charge >= 0.3 is 6.61 Å². The van der Waals surface area contributed by atoms with E-state index in [9.17, 15) is 23.2 Å². The molecule has 1 heterocycles. The molecule has 1 aromatic carbocycles. The fourth-order valence-corrected chi connectivity index (χ4v) is 1.90. The van der Waals surface area contributed by atoms with E-state index in [1.165, 1.54) is 24.3 Å². The average Bonchev–Trinajstić information content (AvgIpc) is 2.72. The molecule has 0 bridgehead atoms. The highest BCUT2D eigenvalue weighted by molar-refractivity contribution is 6.06. The van der Waals surface area contributed by atoms with E-state index in [2.05, 4.69) is 10.1 Å². The zero-order valence-corrected chi connectivity index (χ0v) is 10.8. The number of hydrogen-bond donors (Lipinski definition) is 1. The number of nitrogens with one attached hydrogen (secondary N) is 1. The van der Waals surface area contributed by atoms with Gasteiger partial charge in [-0.2, -0.15) is 8.78 Å². The zero-order valence-electron chi connectivity index (χ0n) is 10.8. The first kappa shape index (κ1) is 14.9. The van der Waals surface area contributed by atoms with E-state index >= 15 is 0 Å². The van der Waals surface area contributed by atoms with Crippen molar-refractivity contribution in [1.82, 2.24) is 4.90 Å². The lowest BCUT2D eigenvalue weighted by Crippen LogP contribution is -2.36. The topological polar surface area (TPSA) is 75.7 Å². The van der Waals surface area contributed by atoms with E-state index in [0.29, 0.717) is 0 Å². The van der Waals surface area contributed by atoms with Crippen LogP contribution in [0.4, 0.5) is 14.5 Å². The number of amides is 3. The van der Waals surface area contributed by atoms with E-state index in [-0.39, 0.29) is 24.3 Å². The molecule has 2 rings (SSSR count). The van der Waals surface area contributed by atoms with Crippen LogP contribution in [0.3, 0.4) is 0 Å². The summed E-state index contributed by atoms with van der Waals surface area (Å²) in [5.74, 6) is -1.71. The molecule has 0 radical (unpaired) electrons. The van der Waals surface area contributed by atoms with Crippen molar-refractivity contribution in [2.24, 2.45) is 0 Å². The minimum atomic E-state index is -3.02. The Labute approximate surface area is 118 Å². The molecule has 112 valence electrons. The highest BCUT2D eigenvalue weighted by Crippen LogP contribution is 2.25. The molecular weight excluding hydrogens is 286 g/mol. The number of carbonyl (C=O) groups is 3. The van der Waals surface area contributed by atoms with Crippen molar-refractivity contribution in [2.75, 3.05) is 11.9 Å². The van der Waals surface area contributed by atoms with Crippen molar-refractivity contribution in [3.63, 3.8) is 0 Å². The average molecular weight is 298 g/mol. The lowest BCUT2D eigenvalue weighted by atomic mass is 10.3. The molecule has 0 aliphatic carbocycles. The number of likely N-dealkylation sites (tertiary alicyclic amines) is 1. The summed E-state index contributed by atoms with van der Waals surface area (Å²) in [6.45, 7) is -3.47.